The molecule has 0 heterocycles. The highest BCUT2D eigenvalue weighted by atomic mass is 16.6. The van der Waals surface area contributed by atoms with Crippen LogP contribution in [-0.2, 0) is 9.53 Å². The van der Waals surface area contributed by atoms with E-state index >= 15 is 0 Å². The molecular formula is C14H20N2O5. The molecule has 5 N–H and O–H groups in total. The van der Waals surface area contributed by atoms with Gasteiger partial charge in [0.2, 0.25) is 0 Å². The van der Waals surface area contributed by atoms with E-state index in [2.05, 4.69) is 5.32 Å². The van der Waals surface area contributed by atoms with Crippen LogP contribution in [0.1, 0.15) is 32.4 Å². The van der Waals surface area contributed by atoms with Crippen molar-refractivity contribution in [2.75, 3.05) is 0 Å². The van der Waals surface area contributed by atoms with E-state index in [9.17, 15) is 19.8 Å². The van der Waals surface area contributed by atoms with Gasteiger partial charge in [-0.3, -0.25) is 0 Å². The van der Waals surface area contributed by atoms with Crippen molar-refractivity contribution in [1.82, 2.24) is 5.32 Å². The molecule has 0 aliphatic carbocycles. The van der Waals surface area contributed by atoms with Crippen LogP contribution in [0.5, 0.6) is 5.75 Å². The van der Waals surface area contributed by atoms with E-state index < -0.39 is 29.7 Å². The average Bonchev–Trinajstić information content (AvgIpc) is 2.33. The Balaban J connectivity index is 2.84. The van der Waals surface area contributed by atoms with Crippen LogP contribution in [0.15, 0.2) is 24.3 Å². The first-order valence-corrected chi connectivity index (χ1v) is 6.37. The lowest BCUT2D eigenvalue weighted by molar-refractivity contribution is -0.140. The molecule has 7 nitrogen and oxygen atoms in total. The molecule has 21 heavy (non-hydrogen) atoms. The first-order chi connectivity index (χ1) is 9.60. The van der Waals surface area contributed by atoms with E-state index in [1.54, 1.807) is 20.8 Å². The van der Waals surface area contributed by atoms with Crippen molar-refractivity contribution in [3.63, 3.8) is 0 Å². The summed E-state index contributed by atoms with van der Waals surface area (Å²) in [5.41, 5.74) is 5.60. The molecule has 1 aromatic rings. The summed E-state index contributed by atoms with van der Waals surface area (Å²) in [6.07, 6.45) is -0.857. The third kappa shape index (κ3) is 5.31. The fourth-order valence-electron chi connectivity index (χ4n) is 1.63. The number of ether oxygens (including phenoxy) is 1. The molecule has 116 valence electrons. The highest BCUT2D eigenvalue weighted by Crippen LogP contribution is 2.18. The largest absolute Gasteiger partial charge is 0.508 e. The number of rotatable bonds is 4. The summed E-state index contributed by atoms with van der Waals surface area (Å²) >= 11 is 0. The SMILES string of the molecule is CC(C)(C)OC(=O)N[C@H](C(=O)O)C(N)c1ccc(O)cc1. The average molecular weight is 296 g/mol. The maximum atomic E-state index is 11.7. The van der Waals surface area contributed by atoms with Crippen LogP contribution in [-0.4, -0.2) is 33.9 Å². The van der Waals surface area contributed by atoms with E-state index in [0.29, 0.717) is 5.56 Å². The minimum Gasteiger partial charge on any atom is -0.508 e. The Kier molecular flexibility index (Phi) is 5.15. The molecule has 0 bridgehead atoms. The summed E-state index contributed by atoms with van der Waals surface area (Å²) < 4.78 is 5.01. The molecule has 1 amide bonds. The number of carboxylic acids is 1. The van der Waals surface area contributed by atoms with Crippen molar-refractivity contribution in [3.8, 4) is 5.75 Å². The van der Waals surface area contributed by atoms with Gasteiger partial charge in [-0.1, -0.05) is 12.1 Å². The maximum absolute atomic E-state index is 11.7. The van der Waals surface area contributed by atoms with Crippen molar-refractivity contribution in [1.29, 1.82) is 0 Å². The van der Waals surface area contributed by atoms with Gasteiger partial charge in [-0.15, -0.1) is 0 Å². The number of aromatic hydroxyl groups is 1. The molecule has 0 aromatic heterocycles. The van der Waals surface area contributed by atoms with E-state index in [1.807, 2.05) is 0 Å². The Morgan fingerprint density at radius 3 is 2.19 bits per heavy atom. The molecule has 0 radical (unpaired) electrons. The first kappa shape index (κ1) is 16.8. The van der Waals surface area contributed by atoms with Gasteiger partial charge in [0.15, 0.2) is 0 Å². The van der Waals surface area contributed by atoms with Gasteiger partial charge in [0.05, 0.1) is 6.04 Å². The number of carboxylic acid groups (broad SMARTS) is 1. The molecule has 0 fully saturated rings. The van der Waals surface area contributed by atoms with Gasteiger partial charge in [-0.05, 0) is 38.5 Å². The normalized spacial score (nSPS) is 14.1. The van der Waals surface area contributed by atoms with Crippen LogP contribution in [0.25, 0.3) is 0 Å². The smallest absolute Gasteiger partial charge is 0.408 e. The van der Waals surface area contributed by atoms with Gasteiger partial charge in [-0.25, -0.2) is 9.59 Å². The molecule has 1 rings (SSSR count). The topological polar surface area (TPSA) is 122 Å². The molecule has 1 unspecified atom stereocenters. The summed E-state index contributed by atoms with van der Waals surface area (Å²) in [6, 6.07) is 3.45. The second kappa shape index (κ2) is 6.45. The second-order valence-electron chi connectivity index (χ2n) is 5.58. The Morgan fingerprint density at radius 2 is 1.76 bits per heavy atom. The first-order valence-electron chi connectivity index (χ1n) is 6.37. The minimum absolute atomic E-state index is 0.0397. The lowest BCUT2D eigenvalue weighted by atomic mass is 10.0. The zero-order valence-corrected chi connectivity index (χ0v) is 12.2. The fourth-order valence-corrected chi connectivity index (χ4v) is 1.63. The zero-order chi connectivity index (χ0) is 16.2. The molecule has 0 spiro atoms. The van der Waals surface area contributed by atoms with E-state index in [-0.39, 0.29) is 5.75 Å². The van der Waals surface area contributed by atoms with Gasteiger partial charge in [-0.2, -0.15) is 0 Å². The van der Waals surface area contributed by atoms with Gasteiger partial charge in [0.1, 0.15) is 17.4 Å². The number of nitrogens with two attached hydrogens (primary N) is 1. The third-order valence-electron chi connectivity index (χ3n) is 2.58. The summed E-state index contributed by atoms with van der Waals surface area (Å²) in [4.78, 5) is 23.0. The Labute approximate surface area is 122 Å². The molecule has 2 atom stereocenters. The van der Waals surface area contributed by atoms with Crippen molar-refractivity contribution in [2.24, 2.45) is 5.73 Å². The van der Waals surface area contributed by atoms with Crippen molar-refractivity contribution in [3.05, 3.63) is 29.8 Å². The maximum Gasteiger partial charge on any atom is 0.408 e. The summed E-state index contributed by atoms with van der Waals surface area (Å²) in [5, 5.41) is 20.7. The van der Waals surface area contributed by atoms with Crippen LogP contribution in [0.4, 0.5) is 4.79 Å². The number of nitrogens with one attached hydrogen (secondary N) is 1. The van der Waals surface area contributed by atoms with Crippen LogP contribution in [0.3, 0.4) is 0 Å². The van der Waals surface area contributed by atoms with Gasteiger partial charge < -0.3 is 26.0 Å². The van der Waals surface area contributed by atoms with Gasteiger partial charge in [0.25, 0.3) is 0 Å². The third-order valence-corrected chi connectivity index (χ3v) is 2.58. The molecule has 7 heteroatoms. The Morgan fingerprint density at radius 1 is 1.24 bits per heavy atom. The van der Waals surface area contributed by atoms with Crippen molar-refractivity contribution < 1.29 is 24.5 Å². The number of aliphatic carboxylic acids is 1. The number of hydrogen-bond donors (Lipinski definition) is 4. The summed E-state index contributed by atoms with van der Waals surface area (Å²) in [7, 11) is 0. The number of phenols is 1. The number of amides is 1. The van der Waals surface area contributed by atoms with Crippen LogP contribution in [0, 0.1) is 0 Å². The van der Waals surface area contributed by atoms with Crippen LogP contribution >= 0.6 is 0 Å². The fraction of sp³-hybridized carbons (Fsp3) is 0.429. The molecule has 0 aliphatic heterocycles. The number of alkyl carbamates (subject to hydrolysis) is 1. The number of benzene rings is 1. The van der Waals surface area contributed by atoms with Gasteiger partial charge in [0, 0.05) is 0 Å². The van der Waals surface area contributed by atoms with E-state index in [1.165, 1.54) is 24.3 Å². The number of phenolic OH excluding ortho intramolecular Hbond substituents is 1. The Bertz CT molecular complexity index is 507. The molecule has 0 saturated carbocycles. The minimum atomic E-state index is -1.34. The van der Waals surface area contributed by atoms with E-state index in [0.717, 1.165) is 0 Å². The predicted octanol–water partition coefficient (Wildman–Crippen LogP) is 1.37. The standard InChI is InChI=1S/C14H20N2O5/c1-14(2,3)21-13(20)16-11(12(18)19)10(15)8-4-6-9(17)7-5-8/h4-7,10-11,17H,15H2,1-3H3,(H,16,20)(H,18,19)/t10?,11-/m0/s1. The second-order valence-corrected chi connectivity index (χ2v) is 5.58. The lowest BCUT2D eigenvalue weighted by Crippen LogP contribution is -2.49. The highest BCUT2D eigenvalue weighted by molar-refractivity contribution is 5.81. The molecular weight excluding hydrogens is 276 g/mol. The van der Waals surface area contributed by atoms with Crippen molar-refractivity contribution in [2.45, 2.75) is 38.5 Å². The van der Waals surface area contributed by atoms with Gasteiger partial charge >= 0.3 is 12.1 Å². The highest BCUT2D eigenvalue weighted by Gasteiger charge is 2.30. The monoisotopic (exact) mass is 296 g/mol. The van der Waals surface area contributed by atoms with Crippen LogP contribution < -0.4 is 11.1 Å². The quantitative estimate of drug-likeness (QED) is 0.665. The van der Waals surface area contributed by atoms with Crippen molar-refractivity contribution >= 4 is 12.1 Å². The Hall–Kier alpha value is -2.28. The molecule has 0 saturated heterocycles. The molecule has 1 aromatic carbocycles. The predicted molar refractivity (Wildman–Crippen MR) is 75.8 cm³/mol. The number of carbonyl (C=O) groups is 2. The zero-order valence-electron chi connectivity index (χ0n) is 12.2. The summed E-state index contributed by atoms with van der Waals surface area (Å²) in [6.45, 7) is 5.01. The van der Waals surface area contributed by atoms with E-state index in [4.69, 9.17) is 10.5 Å². The lowest BCUT2D eigenvalue weighted by Gasteiger charge is -2.25. The van der Waals surface area contributed by atoms with Crippen LogP contribution in [0.2, 0.25) is 0 Å². The summed E-state index contributed by atoms with van der Waals surface area (Å²) in [5.74, 6) is -1.24. The number of carbonyl (C=O) groups excluding carboxylic acids is 1. The molecule has 0 aliphatic rings. The number of hydrogen-bond acceptors (Lipinski definition) is 5.